The maximum atomic E-state index is 5.91. The molecule has 3 nitrogen and oxygen atoms in total. The molecule has 1 aliphatic carbocycles. The van der Waals surface area contributed by atoms with E-state index in [4.69, 9.17) is 5.73 Å². The maximum absolute atomic E-state index is 5.91. The van der Waals surface area contributed by atoms with Crippen LogP contribution in [0.15, 0.2) is 6.20 Å². The number of anilines is 1. The van der Waals surface area contributed by atoms with Crippen molar-refractivity contribution in [1.29, 1.82) is 0 Å². The monoisotopic (exact) mass is 193 g/mol. The minimum Gasteiger partial charge on any atom is -0.396 e. The topological polar surface area (TPSA) is 43.8 Å². The van der Waals surface area contributed by atoms with E-state index in [2.05, 4.69) is 23.6 Å². The summed E-state index contributed by atoms with van der Waals surface area (Å²) in [6.07, 6.45) is 5.56. The van der Waals surface area contributed by atoms with Crippen LogP contribution in [0.2, 0.25) is 0 Å². The lowest BCUT2D eigenvalue weighted by Gasteiger charge is -2.08. The van der Waals surface area contributed by atoms with Gasteiger partial charge in [0, 0.05) is 12.5 Å². The summed E-state index contributed by atoms with van der Waals surface area (Å²) in [6, 6.07) is 0. The van der Waals surface area contributed by atoms with Crippen molar-refractivity contribution in [2.75, 3.05) is 5.73 Å². The smallest absolute Gasteiger partial charge is 0.0735 e. The SMILES string of the molecule is CC(C)CCn1ncc(N)c1C1CC1. The van der Waals surface area contributed by atoms with Gasteiger partial charge in [-0.25, -0.2) is 0 Å². The maximum Gasteiger partial charge on any atom is 0.0735 e. The van der Waals surface area contributed by atoms with E-state index in [0.717, 1.165) is 18.2 Å². The molecule has 1 fully saturated rings. The summed E-state index contributed by atoms with van der Waals surface area (Å²) < 4.78 is 2.10. The number of nitrogen functional groups attached to an aromatic ring is 1. The summed E-state index contributed by atoms with van der Waals surface area (Å²) >= 11 is 0. The van der Waals surface area contributed by atoms with E-state index >= 15 is 0 Å². The molecule has 0 unspecified atom stereocenters. The molecule has 2 N–H and O–H groups in total. The predicted octanol–water partition coefficient (Wildman–Crippen LogP) is 2.39. The van der Waals surface area contributed by atoms with Crippen LogP contribution in [0.25, 0.3) is 0 Å². The summed E-state index contributed by atoms with van der Waals surface area (Å²) in [5.41, 5.74) is 8.07. The molecule has 0 spiro atoms. The first kappa shape index (κ1) is 9.56. The number of hydrogen-bond acceptors (Lipinski definition) is 2. The van der Waals surface area contributed by atoms with Crippen LogP contribution < -0.4 is 5.73 Å². The van der Waals surface area contributed by atoms with Crippen LogP contribution in [0.5, 0.6) is 0 Å². The minimum atomic E-state index is 0.699. The van der Waals surface area contributed by atoms with Crippen molar-refractivity contribution in [2.24, 2.45) is 5.92 Å². The van der Waals surface area contributed by atoms with Gasteiger partial charge in [-0.15, -0.1) is 0 Å². The third-order valence-corrected chi connectivity index (χ3v) is 2.79. The van der Waals surface area contributed by atoms with Crippen molar-refractivity contribution in [3.63, 3.8) is 0 Å². The molecule has 0 aliphatic heterocycles. The fraction of sp³-hybridized carbons (Fsp3) is 0.727. The van der Waals surface area contributed by atoms with Gasteiger partial charge < -0.3 is 5.73 Å². The molecule has 1 heterocycles. The molecule has 3 heteroatoms. The molecule has 0 bridgehead atoms. The number of hydrogen-bond donors (Lipinski definition) is 1. The van der Waals surface area contributed by atoms with Crippen molar-refractivity contribution in [3.05, 3.63) is 11.9 Å². The quantitative estimate of drug-likeness (QED) is 0.798. The van der Waals surface area contributed by atoms with Gasteiger partial charge in [0.25, 0.3) is 0 Å². The first-order valence-corrected chi connectivity index (χ1v) is 5.49. The highest BCUT2D eigenvalue weighted by molar-refractivity contribution is 5.44. The Morgan fingerprint density at radius 1 is 1.57 bits per heavy atom. The Balaban J connectivity index is 2.08. The average molecular weight is 193 g/mol. The second-order valence-electron chi connectivity index (χ2n) is 4.67. The Labute approximate surface area is 85.3 Å². The second-order valence-corrected chi connectivity index (χ2v) is 4.67. The molecule has 1 aromatic rings. The zero-order valence-corrected chi connectivity index (χ0v) is 9.03. The molecule has 78 valence electrons. The van der Waals surface area contributed by atoms with Crippen molar-refractivity contribution >= 4 is 5.69 Å². The molecule has 0 saturated heterocycles. The van der Waals surface area contributed by atoms with Crippen LogP contribution in [-0.4, -0.2) is 9.78 Å². The number of nitrogens with two attached hydrogens (primary N) is 1. The second kappa shape index (κ2) is 3.64. The third-order valence-electron chi connectivity index (χ3n) is 2.79. The molecule has 0 aromatic carbocycles. The van der Waals surface area contributed by atoms with E-state index in [1.54, 1.807) is 6.20 Å². The Hall–Kier alpha value is -0.990. The summed E-state index contributed by atoms with van der Waals surface area (Å²) in [7, 11) is 0. The van der Waals surface area contributed by atoms with Gasteiger partial charge in [-0.2, -0.15) is 5.10 Å². The third kappa shape index (κ3) is 1.91. The fourth-order valence-electron chi connectivity index (χ4n) is 1.77. The highest BCUT2D eigenvalue weighted by atomic mass is 15.3. The number of aromatic nitrogens is 2. The molecular formula is C11H19N3. The van der Waals surface area contributed by atoms with Crippen molar-refractivity contribution in [1.82, 2.24) is 9.78 Å². The first-order chi connectivity index (χ1) is 6.68. The van der Waals surface area contributed by atoms with Gasteiger partial charge in [0.2, 0.25) is 0 Å². The molecule has 0 radical (unpaired) electrons. The standard InChI is InChI=1S/C11H19N3/c1-8(2)5-6-14-11(9-3-4-9)10(12)7-13-14/h7-9H,3-6,12H2,1-2H3. The highest BCUT2D eigenvalue weighted by Crippen LogP contribution is 2.42. The van der Waals surface area contributed by atoms with Crippen LogP contribution in [-0.2, 0) is 6.54 Å². The lowest BCUT2D eigenvalue weighted by atomic mass is 10.1. The molecule has 1 aliphatic rings. The number of aryl methyl sites for hydroxylation is 1. The van der Waals surface area contributed by atoms with Gasteiger partial charge in [-0.1, -0.05) is 13.8 Å². The van der Waals surface area contributed by atoms with Crippen LogP contribution in [0.1, 0.15) is 44.7 Å². The Kier molecular flexibility index (Phi) is 2.48. The minimum absolute atomic E-state index is 0.699. The van der Waals surface area contributed by atoms with Crippen LogP contribution in [0.3, 0.4) is 0 Å². The Morgan fingerprint density at radius 3 is 2.86 bits per heavy atom. The Bertz CT molecular complexity index is 310. The van der Waals surface area contributed by atoms with Gasteiger partial charge in [0.05, 0.1) is 17.6 Å². The summed E-state index contributed by atoms with van der Waals surface area (Å²) in [4.78, 5) is 0. The van der Waals surface area contributed by atoms with Gasteiger partial charge >= 0.3 is 0 Å². The van der Waals surface area contributed by atoms with Crippen LogP contribution >= 0.6 is 0 Å². The normalized spacial score (nSPS) is 16.5. The number of rotatable bonds is 4. The zero-order valence-electron chi connectivity index (χ0n) is 9.03. The van der Waals surface area contributed by atoms with Crippen molar-refractivity contribution in [3.8, 4) is 0 Å². The van der Waals surface area contributed by atoms with Gasteiger partial charge in [0.15, 0.2) is 0 Å². The predicted molar refractivity (Wildman–Crippen MR) is 58.1 cm³/mol. The molecule has 2 rings (SSSR count). The van der Waals surface area contributed by atoms with Gasteiger partial charge in [0.1, 0.15) is 0 Å². The summed E-state index contributed by atoms with van der Waals surface area (Å²) in [6.45, 7) is 5.49. The van der Waals surface area contributed by atoms with Crippen LogP contribution in [0, 0.1) is 5.92 Å². The molecule has 0 amide bonds. The highest BCUT2D eigenvalue weighted by Gasteiger charge is 2.29. The largest absolute Gasteiger partial charge is 0.396 e. The van der Waals surface area contributed by atoms with Crippen molar-refractivity contribution < 1.29 is 0 Å². The first-order valence-electron chi connectivity index (χ1n) is 5.49. The van der Waals surface area contributed by atoms with E-state index in [-0.39, 0.29) is 0 Å². The molecule has 0 atom stereocenters. The zero-order chi connectivity index (χ0) is 10.1. The van der Waals surface area contributed by atoms with E-state index in [1.807, 2.05) is 0 Å². The summed E-state index contributed by atoms with van der Waals surface area (Å²) in [5.74, 6) is 1.43. The van der Waals surface area contributed by atoms with E-state index in [0.29, 0.717) is 5.92 Å². The molecule has 1 aromatic heterocycles. The lowest BCUT2D eigenvalue weighted by molar-refractivity contribution is 0.476. The van der Waals surface area contributed by atoms with Gasteiger partial charge in [-0.05, 0) is 25.2 Å². The number of nitrogens with zero attached hydrogens (tertiary/aromatic N) is 2. The Morgan fingerprint density at radius 2 is 2.29 bits per heavy atom. The summed E-state index contributed by atoms with van der Waals surface area (Å²) in [5, 5.41) is 4.34. The molecule has 1 saturated carbocycles. The van der Waals surface area contributed by atoms with Gasteiger partial charge in [-0.3, -0.25) is 4.68 Å². The molecule has 14 heavy (non-hydrogen) atoms. The molecular weight excluding hydrogens is 174 g/mol. The van der Waals surface area contributed by atoms with E-state index in [9.17, 15) is 0 Å². The average Bonchev–Trinajstić information content (AvgIpc) is 2.88. The fourth-order valence-corrected chi connectivity index (χ4v) is 1.77. The lowest BCUT2D eigenvalue weighted by Crippen LogP contribution is -2.07. The van der Waals surface area contributed by atoms with E-state index in [1.165, 1.54) is 25.0 Å². The van der Waals surface area contributed by atoms with Crippen molar-refractivity contribution in [2.45, 2.75) is 45.6 Å². The van der Waals surface area contributed by atoms with Crippen LogP contribution in [0.4, 0.5) is 5.69 Å². The van der Waals surface area contributed by atoms with E-state index < -0.39 is 0 Å².